The topological polar surface area (TPSA) is 52.6 Å². The molecule has 0 radical (unpaired) electrons. The SMILES string of the molecule is CC(C)(C)OC(=O)CC(=O)c1cccc(OC(F)(F)F)c1. The number of rotatable bonds is 4. The Hall–Kier alpha value is -2.05. The summed E-state index contributed by atoms with van der Waals surface area (Å²) in [7, 11) is 0. The van der Waals surface area contributed by atoms with Gasteiger partial charge >= 0.3 is 12.3 Å². The van der Waals surface area contributed by atoms with Crippen molar-refractivity contribution in [1.82, 2.24) is 0 Å². The van der Waals surface area contributed by atoms with Crippen molar-refractivity contribution < 1.29 is 32.2 Å². The molecule has 1 aromatic rings. The van der Waals surface area contributed by atoms with Crippen LogP contribution in [0.3, 0.4) is 0 Å². The highest BCUT2D eigenvalue weighted by Gasteiger charge is 2.31. The first-order chi connectivity index (χ1) is 9.46. The van der Waals surface area contributed by atoms with E-state index in [2.05, 4.69) is 4.74 Å². The van der Waals surface area contributed by atoms with Gasteiger partial charge in [-0.1, -0.05) is 12.1 Å². The summed E-state index contributed by atoms with van der Waals surface area (Å²) in [5.41, 5.74) is -0.791. The molecule has 0 unspecified atom stereocenters. The zero-order valence-electron chi connectivity index (χ0n) is 11.8. The number of ketones is 1. The van der Waals surface area contributed by atoms with Crippen LogP contribution in [0, 0.1) is 0 Å². The Balaban J connectivity index is 2.75. The second-order valence-corrected chi connectivity index (χ2v) is 5.26. The summed E-state index contributed by atoms with van der Waals surface area (Å²) in [4.78, 5) is 23.3. The summed E-state index contributed by atoms with van der Waals surface area (Å²) in [5, 5.41) is 0. The Morgan fingerprint density at radius 1 is 1.14 bits per heavy atom. The molecule has 0 atom stereocenters. The molecular formula is C14H15F3O4. The molecular weight excluding hydrogens is 289 g/mol. The van der Waals surface area contributed by atoms with E-state index >= 15 is 0 Å². The standard InChI is InChI=1S/C14H15F3O4/c1-13(2,3)21-12(19)8-11(18)9-5-4-6-10(7-9)20-14(15,16)17/h4-7H,8H2,1-3H3. The van der Waals surface area contributed by atoms with Crippen molar-refractivity contribution in [2.24, 2.45) is 0 Å². The lowest BCUT2D eigenvalue weighted by Crippen LogP contribution is -2.25. The van der Waals surface area contributed by atoms with Crippen LogP contribution in [-0.2, 0) is 9.53 Å². The summed E-state index contributed by atoms with van der Waals surface area (Å²) in [6, 6.07) is 4.54. The molecule has 0 aliphatic heterocycles. The third kappa shape index (κ3) is 6.78. The lowest BCUT2D eigenvalue weighted by atomic mass is 10.1. The normalized spacial score (nSPS) is 11.9. The molecule has 0 aliphatic rings. The van der Waals surface area contributed by atoms with Crippen LogP contribution in [0.4, 0.5) is 13.2 Å². The lowest BCUT2D eigenvalue weighted by Gasteiger charge is -2.19. The highest BCUT2D eigenvalue weighted by Crippen LogP contribution is 2.23. The van der Waals surface area contributed by atoms with Crippen LogP contribution in [0.2, 0.25) is 0 Å². The number of halogens is 3. The largest absolute Gasteiger partial charge is 0.573 e. The van der Waals surface area contributed by atoms with Crippen LogP contribution >= 0.6 is 0 Å². The van der Waals surface area contributed by atoms with Crippen molar-refractivity contribution in [1.29, 1.82) is 0 Å². The van der Waals surface area contributed by atoms with Crippen molar-refractivity contribution in [3.63, 3.8) is 0 Å². The maximum Gasteiger partial charge on any atom is 0.573 e. The molecule has 1 rings (SSSR count). The van der Waals surface area contributed by atoms with E-state index < -0.39 is 35.9 Å². The first-order valence-corrected chi connectivity index (χ1v) is 6.07. The summed E-state index contributed by atoms with van der Waals surface area (Å²) in [5.74, 6) is -1.90. The Labute approximate surface area is 119 Å². The van der Waals surface area contributed by atoms with Crippen molar-refractivity contribution >= 4 is 11.8 Å². The Morgan fingerprint density at radius 3 is 2.29 bits per heavy atom. The molecule has 1 aromatic carbocycles. The van der Waals surface area contributed by atoms with Gasteiger partial charge in [-0.25, -0.2) is 0 Å². The predicted octanol–water partition coefficient (Wildman–Crippen LogP) is 3.50. The highest BCUT2D eigenvalue weighted by molar-refractivity contribution is 6.06. The number of esters is 1. The average Bonchev–Trinajstić information content (AvgIpc) is 2.23. The van der Waals surface area contributed by atoms with Gasteiger partial charge in [-0.2, -0.15) is 0 Å². The molecule has 0 spiro atoms. The summed E-state index contributed by atoms with van der Waals surface area (Å²) in [6.07, 6.45) is -5.39. The number of hydrogen-bond acceptors (Lipinski definition) is 4. The Bertz CT molecular complexity index is 530. The quantitative estimate of drug-likeness (QED) is 0.485. The van der Waals surface area contributed by atoms with E-state index in [1.54, 1.807) is 20.8 Å². The zero-order valence-corrected chi connectivity index (χ0v) is 11.8. The van der Waals surface area contributed by atoms with E-state index in [9.17, 15) is 22.8 Å². The van der Waals surface area contributed by atoms with Gasteiger partial charge in [0, 0.05) is 5.56 Å². The summed E-state index contributed by atoms with van der Waals surface area (Å²) < 4.78 is 44.9. The molecule has 0 heterocycles. The molecule has 0 N–H and O–H groups in total. The van der Waals surface area contributed by atoms with Crippen LogP contribution in [0.25, 0.3) is 0 Å². The van der Waals surface area contributed by atoms with Crippen LogP contribution < -0.4 is 4.74 Å². The third-order valence-electron chi connectivity index (χ3n) is 2.11. The smallest absolute Gasteiger partial charge is 0.460 e. The van der Waals surface area contributed by atoms with E-state index in [0.717, 1.165) is 12.1 Å². The molecule has 0 amide bonds. The van der Waals surface area contributed by atoms with E-state index in [0.29, 0.717) is 0 Å². The minimum atomic E-state index is -4.84. The molecule has 21 heavy (non-hydrogen) atoms. The first-order valence-electron chi connectivity index (χ1n) is 6.07. The van der Waals surface area contributed by atoms with Gasteiger partial charge in [0.2, 0.25) is 0 Å². The molecule has 0 saturated carbocycles. The number of carbonyl (C=O) groups excluding carboxylic acids is 2. The number of hydrogen-bond donors (Lipinski definition) is 0. The number of Topliss-reactive ketones (excluding diaryl/α,β-unsaturated/α-hetero) is 1. The van der Waals surface area contributed by atoms with Crippen LogP contribution in [0.1, 0.15) is 37.6 Å². The number of carbonyl (C=O) groups is 2. The zero-order chi connectivity index (χ0) is 16.3. The van der Waals surface area contributed by atoms with Gasteiger partial charge < -0.3 is 9.47 Å². The fourth-order valence-electron chi connectivity index (χ4n) is 1.48. The van der Waals surface area contributed by atoms with Crippen LogP contribution in [0.5, 0.6) is 5.75 Å². The fourth-order valence-corrected chi connectivity index (χ4v) is 1.48. The van der Waals surface area contributed by atoms with Gasteiger partial charge in [0.25, 0.3) is 0 Å². The van der Waals surface area contributed by atoms with Crippen molar-refractivity contribution in [2.75, 3.05) is 0 Å². The van der Waals surface area contributed by atoms with Gasteiger partial charge in [0.05, 0.1) is 0 Å². The van der Waals surface area contributed by atoms with E-state index in [-0.39, 0.29) is 5.56 Å². The fraction of sp³-hybridized carbons (Fsp3) is 0.429. The molecule has 116 valence electrons. The van der Waals surface area contributed by atoms with Gasteiger partial charge in [0.15, 0.2) is 5.78 Å². The second kappa shape index (κ2) is 6.15. The van der Waals surface area contributed by atoms with Gasteiger partial charge in [-0.3, -0.25) is 9.59 Å². The average molecular weight is 304 g/mol. The highest BCUT2D eigenvalue weighted by atomic mass is 19.4. The molecule has 0 fully saturated rings. The van der Waals surface area contributed by atoms with E-state index in [1.165, 1.54) is 12.1 Å². The minimum absolute atomic E-state index is 0.0531. The number of alkyl halides is 3. The minimum Gasteiger partial charge on any atom is -0.460 e. The Kier molecular flexibility index (Phi) is 4.98. The van der Waals surface area contributed by atoms with Crippen LogP contribution in [0.15, 0.2) is 24.3 Å². The number of benzene rings is 1. The van der Waals surface area contributed by atoms with Crippen LogP contribution in [-0.4, -0.2) is 23.7 Å². The molecule has 0 aliphatic carbocycles. The molecule has 4 nitrogen and oxygen atoms in total. The van der Waals surface area contributed by atoms with E-state index in [1.807, 2.05) is 0 Å². The van der Waals surface area contributed by atoms with Crippen molar-refractivity contribution in [2.45, 2.75) is 39.2 Å². The molecule has 0 aromatic heterocycles. The molecule has 7 heteroatoms. The summed E-state index contributed by atoms with van der Waals surface area (Å²) >= 11 is 0. The van der Waals surface area contributed by atoms with Gasteiger partial charge in [-0.05, 0) is 32.9 Å². The predicted molar refractivity (Wildman–Crippen MR) is 67.9 cm³/mol. The molecule has 0 bridgehead atoms. The second-order valence-electron chi connectivity index (χ2n) is 5.26. The maximum atomic E-state index is 12.1. The van der Waals surface area contributed by atoms with Crippen molar-refractivity contribution in [3.05, 3.63) is 29.8 Å². The van der Waals surface area contributed by atoms with Crippen molar-refractivity contribution in [3.8, 4) is 5.75 Å². The van der Waals surface area contributed by atoms with E-state index in [4.69, 9.17) is 4.74 Å². The number of ether oxygens (including phenoxy) is 2. The maximum absolute atomic E-state index is 12.1. The Morgan fingerprint density at radius 2 is 1.76 bits per heavy atom. The monoisotopic (exact) mass is 304 g/mol. The van der Waals surface area contributed by atoms with Gasteiger partial charge in [-0.15, -0.1) is 13.2 Å². The van der Waals surface area contributed by atoms with Gasteiger partial charge in [0.1, 0.15) is 17.8 Å². The third-order valence-corrected chi connectivity index (χ3v) is 2.11. The molecule has 0 saturated heterocycles. The summed E-state index contributed by atoms with van der Waals surface area (Å²) in [6.45, 7) is 4.94. The lowest BCUT2D eigenvalue weighted by molar-refractivity contribution is -0.274. The first kappa shape index (κ1) is 17.0.